The summed E-state index contributed by atoms with van der Waals surface area (Å²) < 4.78 is 4.97. The van der Waals surface area contributed by atoms with Crippen LogP contribution in [-0.2, 0) is 4.74 Å². The molecule has 10 heteroatoms. The van der Waals surface area contributed by atoms with Crippen molar-refractivity contribution in [2.24, 2.45) is 0 Å². The van der Waals surface area contributed by atoms with Gasteiger partial charge in [-0.15, -0.1) is 0 Å². The van der Waals surface area contributed by atoms with E-state index in [9.17, 15) is 19.8 Å². The van der Waals surface area contributed by atoms with Crippen LogP contribution in [0.5, 0.6) is 0 Å². The summed E-state index contributed by atoms with van der Waals surface area (Å²) in [5.41, 5.74) is 3.93. The Hall–Kier alpha value is -2.46. The Morgan fingerprint density at radius 2 is 2.00 bits per heavy atom. The predicted octanol–water partition coefficient (Wildman–Crippen LogP) is -0.324. The van der Waals surface area contributed by atoms with Gasteiger partial charge in [0, 0.05) is 6.54 Å². The molecule has 0 radical (unpaired) electrons. The Bertz CT molecular complexity index is 586. The number of anilines is 1. The number of amides is 1. The number of aliphatic hydroxyl groups excluding tert-OH is 2. The maximum atomic E-state index is 11.5. The third-order valence-electron chi connectivity index (χ3n) is 2.54. The predicted molar refractivity (Wildman–Crippen MR) is 78.6 cm³/mol. The average Bonchev–Trinajstić information content (AvgIpc) is 2.42. The highest BCUT2D eigenvalue weighted by atomic mass is 16.6. The largest absolute Gasteiger partial charge is 0.476 e. The molecule has 0 aromatic carbocycles. The summed E-state index contributed by atoms with van der Waals surface area (Å²) in [5, 5.41) is 31.0. The second-order valence-corrected chi connectivity index (χ2v) is 5.73. The van der Waals surface area contributed by atoms with E-state index in [2.05, 4.69) is 15.3 Å². The summed E-state index contributed by atoms with van der Waals surface area (Å²) in [6.07, 6.45) is -2.72. The summed E-state index contributed by atoms with van der Waals surface area (Å²) in [6, 6.07) is 0. The number of carboxylic acid groups (broad SMARTS) is 1. The number of carboxylic acids is 1. The minimum absolute atomic E-state index is 0.185. The molecule has 0 bridgehead atoms. The first-order chi connectivity index (χ1) is 10.5. The van der Waals surface area contributed by atoms with E-state index in [0.29, 0.717) is 0 Å². The van der Waals surface area contributed by atoms with Gasteiger partial charge in [0.05, 0.1) is 11.9 Å². The van der Waals surface area contributed by atoms with E-state index in [1.807, 2.05) is 0 Å². The minimum atomic E-state index is -1.56. The molecular weight excluding hydrogens is 308 g/mol. The number of nitrogens with two attached hydrogens (primary N) is 1. The van der Waals surface area contributed by atoms with E-state index in [1.165, 1.54) is 0 Å². The van der Waals surface area contributed by atoms with E-state index in [0.717, 1.165) is 6.20 Å². The van der Waals surface area contributed by atoms with Gasteiger partial charge in [0.2, 0.25) is 0 Å². The number of ether oxygens (including phenoxy) is 1. The standard InChI is InChI=1S/C13H20N4O6/c1-13(2,3)23-12(22)16-5-7(18)9(19)6-4-15-10(14)8(17-6)11(20)21/h4,7,9,18-19H,5H2,1-3H3,(H2,14,15)(H,16,22)(H,20,21). The molecule has 0 aliphatic carbocycles. The van der Waals surface area contributed by atoms with Gasteiger partial charge in [0.15, 0.2) is 11.5 Å². The summed E-state index contributed by atoms with van der Waals surface area (Å²) in [4.78, 5) is 29.6. The number of rotatable bonds is 5. The highest BCUT2D eigenvalue weighted by Crippen LogP contribution is 2.16. The topological polar surface area (TPSA) is 168 Å². The van der Waals surface area contributed by atoms with Crippen molar-refractivity contribution in [3.63, 3.8) is 0 Å². The molecule has 0 saturated carbocycles. The number of nitrogens with zero attached hydrogens (tertiary/aromatic N) is 2. The van der Waals surface area contributed by atoms with Crippen LogP contribution in [0.3, 0.4) is 0 Å². The summed E-state index contributed by atoms with van der Waals surface area (Å²) in [5.74, 6) is -1.72. The maximum absolute atomic E-state index is 11.5. The van der Waals surface area contributed by atoms with Gasteiger partial charge in [-0.1, -0.05) is 0 Å². The number of aliphatic hydroxyl groups is 2. The second kappa shape index (κ2) is 7.20. The highest BCUT2D eigenvalue weighted by molar-refractivity contribution is 5.90. The minimum Gasteiger partial charge on any atom is -0.476 e. The Morgan fingerprint density at radius 1 is 1.39 bits per heavy atom. The van der Waals surface area contributed by atoms with Crippen LogP contribution in [0, 0.1) is 0 Å². The van der Waals surface area contributed by atoms with Crippen molar-refractivity contribution < 1.29 is 29.6 Å². The lowest BCUT2D eigenvalue weighted by Crippen LogP contribution is -2.39. The number of carbonyl (C=O) groups is 2. The van der Waals surface area contributed by atoms with Crippen molar-refractivity contribution in [2.75, 3.05) is 12.3 Å². The molecule has 1 aromatic heterocycles. The fourth-order valence-corrected chi connectivity index (χ4v) is 1.52. The van der Waals surface area contributed by atoms with E-state index in [-0.39, 0.29) is 18.1 Å². The SMILES string of the molecule is CC(C)(C)OC(=O)NCC(O)C(O)c1cnc(N)c(C(=O)O)n1. The van der Waals surface area contributed by atoms with Crippen molar-refractivity contribution in [3.8, 4) is 0 Å². The number of carbonyl (C=O) groups excluding carboxylic acids is 1. The molecule has 23 heavy (non-hydrogen) atoms. The van der Waals surface area contributed by atoms with E-state index in [4.69, 9.17) is 15.6 Å². The van der Waals surface area contributed by atoms with Gasteiger partial charge in [-0.3, -0.25) is 0 Å². The van der Waals surface area contributed by atoms with Crippen LogP contribution in [0.1, 0.15) is 43.1 Å². The van der Waals surface area contributed by atoms with Gasteiger partial charge in [-0.25, -0.2) is 19.6 Å². The first-order valence-corrected chi connectivity index (χ1v) is 6.70. The Kier molecular flexibility index (Phi) is 5.82. The first kappa shape index (κ1) is 18.6. The third kappa shape index (κ3) is 5.68. The summed E-state index contributed by atoms with van der Waals surface area (Å²) >= 11 is 0. The molecule has 0 aliphatic rings. The van der Waals surface area contributed by atoms with E-state index >= 15 is 0 Å². The fourth-order valence-electron chi connectivity index (χ4n) is 1.52. The average molecular weight is 328 g/mol. The number of nitrogens with one attached hydrogen (secondary N) is 1. The van der Waals surface area contributed by atoms with Gasteiger partial charge in [-0.2, -0.15) is 0 Å². The summed E-state index contributed by atoms with van der Waals surface area (Å²) in [6.45, 7) is 4.70. The van der Waals surface area contributed by atoms with Gasteiger partial charge >= 0.3 is 12.1 Å². The zero-order valence-electron chi connectivity index (χ0n) is 13.0. The van der Waals surface area contributed by atoms with Gasteiger partial charge in [0.1, 0.15) is 17.8 Å². The van der Waals surface area contributed by atoms with Gasteiger partial charge < -0.3 is 31.1 Å². The molecule has 2 atom stereocenters. The monoisotopic (exact) mass is 328 g/mol. The molecule has 1 aromatic rings. The van der Waals surface area contributed by atoms with Crippen molar-refractivity contribution in [2.45, 2.75) is 38.6 Å². The molecule has 0 saturated heterocycles. The van der Waals surface area contributed by atoms with Crippen LogP contribution in [0.25, 0.3) is 0 Å². The van der Waals surface area contributed by atoms with E-state index < -0.39 is 35.6 Å². The Morgan fingerprint density at radius 3 is 2.52 bits per heavy atom. The number of aromatic carboxylic acids is 1. The molecule has 6 N–H and O–H groups in total. The van der Waals surface area contributed by atoms with Crippen LogP contribution in [0.2, 0.25) is 0 Å². The van der Waals surface area contributed by atoms with Crippen molar-refractivity contribution in [1.82, 2.24) is 15.3 Å². The molecule has 0 fully saturated rings. The fraction of sp³-hybridized carbons (Fsp3) is 0.538. The van der Waals surface area contributed by atoms with Crippen molar-refractivity contribution in [3.05, 3.63) is 17.6 Å². The quantitative estimate of drug-likeness (QED) is 0.486. The Balaban J connectivity index is 2.70. The van der Waals surface area contributed by atoms with Crippen molar-refractivity contribution >= 4 is 17.9 Å². The van der Waals surface area contributed by atoms with Crippen molar-refractivity contribution in [1.29, 1.82) is 0 Å². The number of aromatic nitrogens is 2. The normalized spacial score (nSPS) is 14.0. The van der Waals surface area contributed by atoms with Crippen LogP contribution >= 0.6 is 0 Å². The van der Waals surface area contributed by atoms with E-state index in [1.54, 1.807) is 20.8 Å². The number of hydrogen-bond acceptors (Lipinski definition) is 8. The van der Waals surface area contributed by atoms with Crippen LogP contribution in [0.15, 0.2) is 6.20 Å². The van der Waals surface area contributed by atoms with Crippen LogP contribution in [0.4, 0.5) is 10.6 Å². The molecule has 2 unspecified atom stereocenters. The smallest absolute Gasteiger partial charge is 0.407 e. The lowest BCUT2D eigenvalue weighted by molar-refractivity contribution is 0.0106. The second-order valence-electron chi connectivity index (χ2n) is 5.73. The molecule has 0 aliphatic heterocycles. The third-order valence-corrected chi connectivity index (χ3v) is 2.54. The first-order valence-electron chi connectivity index (χ1n) is 6.70. The molecule has 1 amide bonds. The molecule has 1 rings (SSSR count). The zero-order chi connectivity index (χ0) is 17.8. The van der Waals surface area contributed by atoms with Gasteiger partial charge in [-0.05, 0) is 20.8 Å². The number of alkyl carbamates (subject to hydrolysis) is 1. The lowest BCUT2D eigenvalue weighted by atomic mass is 10.1. The van der Waals surface area contributed by atoms with Gasteiger partial charge in [0.25, 0.3) is 0 Å². The molecule has 128 valence electrons. The summed E-state index contributed by atoms with van der Waals surface area (Å²) in [7, 11) is 0. The number of nitrogen functional groups attached to an aromatic ring is 1. The maximum Gasteiger partial charge on any atom is 0.407 e. The van der Waals surface area contributed by atoms with Crippen LogP contribution in [-0.4, -0.2) is 55.6 Å². The highest BCUT2D eigenvalue weighted by Gasteiger charge is 2.24. The lowest BCUT2D eigenvalue weighted by Gasteiger charge is -2.22. The zero-order valence-corrected chi connectivity index (χ0v) is 13.0. The number of hydrogen-bond donors (Lipinski definition) is 5. The van der Waals surface area contributed by atoms with Crippen LogP contribution < -0.4 is 11.1 Å². The molecule has 10 nitrogen and oxygen atoms in total. The molecular formula is C13H20N4O6. The molecule has 0 spiro atoms. The Labute approximate surface area is 132 Å². The molecule has 1 heterocycles.